The van der Waals surface area contributed by atoms with Crippen molar-refractivity contribution in [3.63, 3.8) is 0 Å². The van der Waals surface area contributed by atoms with Crippen LogP contribution in [0.2, 0.25) is 0 Å². The summed E-state index contributed by atoms with van der Waals surface area (Å²) in [5, 5.41) is 9.92. The number of hydrogen-bond acceptors (Lipinski definition) is 7. The highest BCUT2D eigenvalue weighted by Gasteiger charge is 2.28. The van der Waals surface area contributed by atoms with Crippen LogP contribution < -0.4 is 14.9 Å². The van der Waals surface area contributed by atoms with E-state index in [4.69, 9.17) is 9.62 Å². The Labute approximate surface area is 197 Å². The van der Waals surface area contributed by atoms with Crippen LogP contribution in [0.15, 0.2) is 57.8 Å². The van der Waals surface area contributed by atoms with Crippen molar-refractivity contribution in [2.75, 3.05) is 10.5 Å². The molecular formula is C22H25N3O7S2. The first-order valence-corrected chi connectivity index (χ1v) is 13.9. The van der Waals surface area contributed by atoms with E-state index >= 15 is 0 Å². The fraction of sp³-hybridized carbons (Fsp3) is 0.318. The Kier molecular flexibility index (Phi) is 6.94. The van der Waals surface area contributed by atoms with Crippen molar-refractivity contribution in [3.05, 3.63) is 59.9 Å². The van der Waals surface area contributed by atoms with Crippen LogP contribution >= 0.6 is 0 Å². The highest BCUT2D eigenvalue weighted by atomic mass is 32.2. The molecule has 1 aliphatic carbocycles. The van der Waals surface area contributed by atoms with Gasteiger partial charge in [0.1, 0.15) is 17.4 Å². The zero-order chi connectivity index (χ0) is 24.3. The molecule has 0 bridgehead atoms. The van der Waals surface area contributed by atoms with Crippen LogP contribution in [0.3, 0.4) is 0 Å². The topological polar surface area (TPSA) is 155 Å². The van der Waals surface area contributed by atoms with Gasteiger partial charge in [0.25, 0.3) is 5.91 Å². The minimum atomic E-state index is -4.23. The van der Waals surface area contributed by atoms with E-state index in [1.807, 2.05) is 0 Å². The molecule has 0 saturated heterocycles. The molecule has 3 aromatic rings. The summed E-state index contributed by atoms with van der Waals surface area (Å²) in [4.78, 5) is 12.0. The number of furan rings is 1. The largest absolute Gasteiger partial charge is 0.461 e. The molecule has 10 nitrogen and oxygen atoms in total. The van der Waals surface area contributed by atoms with E-state index in [1.165, 1.54) is 17.6 Å². The molecular weight excluding hydrogens is 482 g/mol. The maximum atomic E-state index is 13.0. The molecule has 0 saturated carbocycles. The van der Waals surface area contributed by atoms with Crippen LogP contribution in [-0.4, -0.2) is 39.7 Å². The van der Waals surface area contributed by atoms with Crippen LogP contribution in [0, 0.1) is 0 Å². The Hall–Kier alpha value is -2.93. The van der Waals surface area contributed by atoms with Crippen LogP contribution in [0.4, 0.5) is 5.69 Å². The fourth-order valence-electron chi connectivity index (χ4n) is 4.00. The van der Waals surface area contributed by atoms with Crippen LogP contribution in [-0.2, 0) is 37.7 Å². The van der Waals surface area contributed by atoms with Crippen molar-refractivity contribution < 1.29 is 31.3 Å². The van der Waals surface area contributed by atoms with Gasteiger partial charge in [0, 0.05) is 29.1 Å². The zero-order valence-electron chi connectivity index (χ0n) is 18.2. The molecule has 1 aliphatic rings. The molecule has 182 valence electrons. The molecule has 1 amide bonds. The van der Waals surface area contributed by atoms with E-state index in [-0.39, 0.29) is 4.90 Å². The second-order valence-electron chi connectivity index (χ2n) is 8.09. The number of carbonyl (C=O) groups is 1. The van der Waals surface area contributed by atoms with Crippen molar-refractivity contribution in [1.29, 1.82) is 0 Å². The lowest BCUT2D eigenvalue weighted by atomic mass is 9.96. The van der Waals surface area contributed by atoms with Gasteiger partial charge in [-0.1, -0.05) is 18.2 Å². The highest BCUT2D eigenvalue weighted by molar-refractivity contribution is 7.92. The maximum absolute atomic E-state index is 13.0. The number of anilines is 1. The number of nitrogens with one attached hydrogen (secondary N) is 3. The first kappa shape index (κ1) is 24.2. The molecule has 0 aliphatic heterocycles. The molecule has 1 aromatic heterocycles. The van der Waals surface area contributed by atoms with E-state index in [0.29, 0.717) is 11.3 Å². The Morgan fingerprint density at radius 1 is 1.03 bits per heavy atom. The van der Waals surface area contributed by atoms with E-state index in [2.05, 4.69) is 9.44 Å². The molecule has 12 heteroatoms. The third-order valence-electron chi connectivity index (χ3n) is 5.69. The first-order valence-electron chi connectivity index (χ1n) is 10.7. The van der Waals surface area contributed by atoms with Crippen LogP contribution in [0.1, 0.15) is 30.6 Å². The Morgan fingerprint density at radius 2 is 1.76 bits per heavy atom. The Morgan fingerprint density at radius 3 is 2.50 bits per heavy atom. The number of para-hydroxylation sites is 1. The number of carbonyl (C=O) groups excluding carboxylic acids is 1. The number of rotatable bonds is 9. The summed E-state index contributed by atoms with van der Waals surface area (Å²) in [5.74, 6) is -0.780. The number of hydroxylamine groups is 1. The predicted molar refractivity (Wildman–Crippen MR) is 125 cm³/mol. The van der Waals surface area contributed by atoms with Crippen molar-refractivity contribution in [3.8, 4) is 0 Å². The van der Waals surface area contributed by atoms with Crippen LogP contribution in [0.25, 0.3) is 11.0 Å². The summed E-state index contributed by atoms with van der Waals surface area (Å²) >= 11 is 0. The molecule has 1 atom stereocenters. The molecule has 2 aromatic carbocycles. The van der Waals surface area contributed by atoms with E-state index < -0.39 is 44.2 Å². The lowest BCUT2D eigenvalue weighted by Crippen LogP contribution is -2.46. The molecule has 34 heavy (non-hydrogen) atoms. The monoisotopic (exact) mass is 507 g/mol. The molecule has 0 radical (unpaired) electrons. The number of amides is 1. The number of benzene rings is 2. The van der Waals surface area contributed by atoms with Gasteiger partial charge in [0.05, 0.1) is 10.6 Å². The number of hydrogen-bond donors (Lipinski definition) is 4. The number of sulfonamides is 2. The summed E-state index contributed by atoms with van der Waals surface area (Å²) in [7, 11) is -8.12. The van der Waals surface area contributed by atoms with Crippen LogP contribution in [0.5, 0.6) is 0 Å². The number of fused-ring (bicyclic) bond motifs is 3. The average Bonchev–Trinajstić information content (AvgIpc) is 3.19. The minimum Gasteiger partial charge on any atom is -0.461 e. The van der Waals surface area contributed by atoms with Crippen molar-refractivity contribution >= 4 is 42.6 Å². The number of aryl methyl sites for hydroxylation is 2. The maximum Gasteiger partial charge on any atom is 0.261 e. The van der Waals surface area contributed by atoms with E-state index in [9.17, 15) is 21.6 Å². The van der Waals surface area contributed by atoms with Gasteiger partial charge < -0.3 is 4.42 Å². The van der Waals surface area contributed by atoms with Gasteiger partial charge in [0.2, 0.25) is 20.0 Å². The standard InChI is InChI=1S/C22H25N3O7S2/c26-22(23-27)19(12-13-33(28,29)24-15-6-2-1-3-7-15)25-34(30,31)16-10-11-18-17-8-4-5-9-20(17)32-21(18)14-16/h1-3,6-7,10-11,14,19,24-25,27H,4-5,8-9,12-13H2,(H,23,26). The fourth-order valence-corrected chi connectivity index (χ4v) is 6.39. The lowest BCUT2D eigenvalue weighted by Gasteiger charge is -2.17. The van der Waals surface area contributed by atoms with Gasteiger partial charge in [-0.3, -0.25) is 14.7 Å². The molecule has 0 fully saturated rings. The highest BCUT2D eigenvalue weighted by Crippen LogP contribution is 2.33. The Balaban J connectivity index is 1.51. The van der Waals surface area contributed by atoms with Gasteiger partial charge >= 0.3 is 0 Å². The lowest BCUT2D eigenvalue weighted by molar-refractivity contribution is -0.130. The summed E-state index contributed by atoms with van der Waals surface area (Å²) in [6.07, 6.45) is 3.32. The van der Waals surface area contributed by atoms with Crippen molar-refractivity contribution in [1.82, 2.24) is 10.2 Å². The molecule has 4 N–H and O–H groups in total. The quantitative estimate of drug-likeness (QED) is 0.256. The van der Waals surface area contributed by atoms with Gasteiger partial charge in [-0.05, 0) is 49.9 Å². The second-order valence-corrected chi connectivity index (χ2v) is 11.7. The second kappa shape index (κ2) is 9.74. The summed E-state index contributed by atoms with van der Waals surface area (Å²) in [6.45, 7) is 0. The average molecular weight is 508 g/mol. The minimum absolute atomic E-state index is 0.132. The smallest absolute Gasteiger partial charge is 0.261 e. The van der Waals surface area contributed by atoms with Gasteiger partial charge in [-0.25, -0.2) is 22.3 Å². The van der Waals surface area contributed by atoms with Gasteiger partial charge in [0.15, 0.2) is 0 Å². The van der Waals surface area contributed by atoms with E-state index in [1.54, 1.807) is 36.4 Å². The summed E-state index contributed by atoms with van der Waals surface area (Å²) in [5.41, 5.74) is 3.25. The van der Waals surface area contributed by atoms with Gasteiger partial charge in [-0.15, -0.1) is 0 Å². The van der Waals surface area contributed by atoms with Gasteiger partial charge in [-0.2, -0.15) is 4.72 Å². The third kappa shape index (κ3) is 5.41. The predicted octanol–water partition coefficient (Wildman–Crippen LogP) is 2.30. The summed E-state index contributed by atoms with van der Waals surface area (Å²) in [6, 6.07) is 11.1. The third-order valence-corrected chi connectivity index (χ3v) is 8.47. The molecule has 0 spiro atoms. The normalized spacial score (nSPS) is 15.0. The molecule has 1 unspecified atom stereocenters. The van der Waals surface area contributed by atoms with Crippen molar-refractivity contribution in [2.45, 2.75) is 43.0 Å². The van der Waals surface area contributed by atoms with Crippen molar-refractivity contribution in [2.24, 2.45) is 0 Å². The zero-order valence-corrected chi connectivity index (χ0v) is 19.8. The first-order chi connectivity index (χ1) is 16.2. The summed E-state index contributed by atoms with van der Waals surface area (Å²) < 4.78 is 61.2. The molecule has 4 rings (SSSR count). The SMILES string of the molecule is O=C(NO)C(CCS(=O)(=O)Nc1ccccc1)NS(=O)(=O)c1ccc2c3c(oc2c1)CCCC3. The Bertz CT molecular complexity index is 1400. The van der Waals surface area contributed by atoms with E-state index in [0.717, 1.165) is 42.4 Å². The molecule has 1 heterocycles.